The van der Waals surface area contributed by atoms with Crippen molar-refractivity contribution in [2.75, 3.05) is 40.5 Å². The van der Waals surface area contributed by atoms with Gasteiger partial charge in [0.1, 0.15) is 35.3 Å². The molecule has 1 spiro atoms. The van der Waals surface area contributed by atoms with Crippen molar-refractivity contribution in [2.24, 2.45) is 17.3 Å². The Hall–Kier alpha value is -5.33. The molecular formula is C53H66FN9O8S5. The molecule has 5 atom stereocenters. The summed E-state index contributed by atoms with van der Waals surface area (Å²) in [4.78, 5) is 75.2. The fraction of sp³-hybridized carbons (Fsp3) is 0.472. The van der Waals surface area contributed by atoms with E-state index in [0.717, 1.165) is 59.1 Å². The molecule has 17 nitrogen and oxygen atoms in total. The van der Waals surface area contributed by atoms with E-state index < -0.39 is 36.3 Å². The lowest BCUT2D eigenvalue weighted by molar-refractivity contribution is -0.186. The van der Waals surface area contributed by atoms with Gasteiger partial charge >= 0.3 is 12.2 Å². The molecule has 4 aromatic heterocycles. The molecule has 23 heteroatoms. The Morgan fingerprint density at radius 3 is 2.00 bits per heavy atom. The van der Waals surface area contributed by atoms with Crippen molar-refractivity contribution in [3.8, 4) is 39.5 Å². The molecule has 1 unspecified atom stereocenters. The molecule has 0 radical (unpaired) electrons. The number of aromatic amines is 2. The van der Waals surface area contributed by atoms with E-state index in [0.29, 0.717) is 78.6 Å². The van der Waals surface area contributed by atoms with E-state index in [2.05, 4.69) is 43.4 Å². The van der Waals surface area contributed by atoms with Crippen LogP contribution in [0, 0.1) is 23.1 Å². The molecule has 4 aliphatic heterocycles. The zero-order valence-corrected chi connectivity index (χ0v) is 47.5. The van der Waals surface area contributed by atoms with E-state index >= 15 is 4.39 Å². The minimum Gasteiger partial charge on any atom is -0.464 e. The van der Waals surface area contributed by atoms with Gasteiger partial charge in [0.25, 0.3) is 0 Å². The second kappa shape index (κ2) is 22.6. The van der Waals surface area contributed by atoms with Crippen molar-refractivity contribution in [3.63, 3.8) is 0 Å². The first-order chi connectivity index (χ1) is 34.9. The van der Waals surface area contributed by atoms with E-state index in [1.807, 2.05) is 43.0 Å². The number of ether oxygens (including phenoxy) is 4. The summed E-state index contributed by atoms with van der Waals surface area (Å²) in [5, 5.41) is 6.44. The van der Waals surface area contributed by atoms with Crippen molar-refractivity contribution < 1.29 is 42.5 Å². The number of H-pyrrole nitrogens is 2. The molecule has 3 saturated heterocycles. The standard InChI is InChI=1S/C53H58FN9O8S.4H2S/c1-27(2)44(59-51(66)68-3)48(64)61-15-5-7-37(61)47-56-24-35(58-47)30-18-33(54)43-39-19-31-17-29(11-12-36(31)63(39)50(71-40(43)20-30)42-14-13-41(72-42)28-9-10-28)34-23-55-46(57-34)38-8-6-16-62(38)49(65)45(60-52(67)69-4)32-21-53(22-32)25-70-26-53;;;;/h11-14,17-20,23-24,27-28,32,37-38,44-45,50H,5-10,15-16,21-22,25-26H2,1-4H3,(H,55,57)(H,56,58)(H,59,66)(H,60,67);4*1H2/t37-,38-,44-,45-,50?;;;;/m0..../s1. The molecule has 4 N–H and O–H groups in total. The molecule has 2 saturated carbocycles. The number of imidazole rings is 2. The summed E-state index contributed by atoms with van der Waals surface area (Å²) in [6.07, 6.45) is 8.56. The number of halogens is 1. The molecule has 76 heavy (non-hydrogen) atoms. The normalized spacial score (nSPS) is 20.8. The number of fused-ring (bicyclic) bond motifs is 5. The molecule has 0 bridgehead atoms. The van der Waals surface area contributed by atoms with Crippen LogP contribution in [0.25, 0.3) is 44.7 Å². The number of hydrogen-bond acceptors (Lipinski definition) is 11. The van der Waals surface area contributed by atoms with Crippen LogP contribution in [0.15, 0.2) is 60.9 Å². The summed E-state index contributed by atoms with van der Waals surface area (Å²) < 4.78 is 41.2. The molecule has 408 valence electrons. The highest BCUT2D eigenvalue weighted by Crippen LogP contribution is 2.53. The van der Waals surface area contributed by atoms with Crippen LogP contribution in [-0.4, -0.2) is 111 Å². The molecule has 6 aliphatic rings. The molecule has 2 aromatic carbocycles. The number of benzene rings is 2. The summed E-state index contributed by atoms with van der Waals surface area (Å²) in [6, 6.07) is 13.7. The van der Waals surface area contributed by atoms with Gasteiger partial charge in [0, 0.05) is 39.9 Å². The predicted octanol–water partition coefficient (Wildman–Crippen LogP) is 9.42. The number of aromatic nitrogens is 5. The second-order valence-electron chi connectivity index (χ2n) is 20.9. The van der Waals surface area contributed by atoms with Gasteiger partial charge in [-0.3, -0.25) is 14.2 Å². The molecule has 6 aromatic rings. The van der Waals surface area contributed by atoms with Crippen molar-refractivity contribution in [1.29, 1.82) is 0 Å². The lowest BCUT2D eigenvalue weighted by atomic mass is 9.58. The van der Waals surface area contributed by atoms with Gasteiger partial charge in [0.15, 0.2) is 0 Å². The van der Waals surface area contributed by atoms with Gasteiger partial charge in [0.05, 0.1) is 84.9 Å². The Kier molecular flexibility index (Phi) is 16.9. The first-order valence-corrected chi connectivity index (χ1v) is 25.9. The number of methoxy groups -OCH3 is 2. The minimum atomic E-state index is -0.769. The van der Waals surface area contributed by atoms with Gasteiger partial charge in [-0.2, -0.15) is 54.0 Å². The third kappa shape index (κ3) is 10.2. The van der Waals surface area contributed by atoms with Gasteiger partial charge in [-0.15, -0.1) is 11.3 Å². The van der Waals surface area contributed by atoms with Gasteiger partial charge in [0.2, 0.25) is 18.0 Å². The van der Waals surface area contributed by atoms with Crippen molar-refractivity contribution in [3.05, 3.63) is 88.1 Å². The first-order valence-electron chi connectivity index (χ1n) is 25.1. The highest BCUT2D eigenvalue weighted by molar-refractivity contribution is 7.59. The quantitative estimate of drug-likeness (QED) is 0.0916. The lowest BCUT2D eigenvalue weighted by Gasteiger charge is -2.55. The van der Waals surface area contributed by atoms with E-state index in [9.17, 15) is 19.2 Å². The van der Waals surface area contributed by atoms with E-state index in [1.165, 1.54) is 38.0 Å². The van der Waals surface area contributed by atoms with Crippen LogP contribution in [0.3, 0.4) is 0 Å². The molecule has 5 fully saturated rings. The Bertz CT molecular complexity index is 3130. The SMILES string of the molecule is COC(=O)N[C@H](C(=O)N1CCC[C@H]1c1ncc(-c2cc(F)c3c(c2)OC(c2ccc(C4CC4)s2)n2c-3cc3cc(-c4cnc([C@@H]5CCCN5C(=O)[C@@H](NC(=O)OC)C5CC6(COC6)C5)[nH]4)ccc32)[nH]1)C(C)C.S.S.S.S. The van der Waals surface area contributed by atoms with Crippen LogP contribution >= 0.6 is 65.3 Å². The summed E-state index contributed by atoms with van der Waals surface area (Å²) in [5.41, 5.74) is 4.83. The number of rotatable bonds is 12. The largest absolute Gasteiger partial charge is 0.464 e. The van der Waals surface area contributed by atoms with Crippen molar-refractivity contribution in [2.45, 2.75) is 102 Å². The average molecular weight is 1140 g/mol. The van der Waals surface area contributed by atoms with Crippen LogP contribution in [0.1, 0.15) is 111 Å². The molecule has 4 amide bonds. The van der Waals surface area contributed by atoms with Crippen molar-refractivity contribution >= 4 is 100 Å². The van der Waals surface area contributed by atoms with Crippen LogP contribution in [0.5, 0.6) is 5.75 Å². The van der Waals surface area contributed by atoms with Crippen molar-refractivity contribution in [1.82, 2.24) is 44.9 Å². The number of nitrogens with zero attached hydrogens (tertiary/aromatic N) is 5. The van der Waals surface area contributed by atoms with E-state index in [-0.39, 0.29) is 95.1 Å². The van der Waals surface area contributed by atoms with Crippen LogP contribution in [0.2, 0.25) is 0 Å². The van der Waals surface area contributed by atoms with Crippen LogP contribution in [0.4, 0.5) is 14.0 Å². The number of carbonyl (C=O) groups excluding carboxylic acids is 4. The topological polar surface area (TPSA) is 198 Å². The van der Waals surface area contributed by atoms with Gasteiger partial charge in [-0.25, -0.2) is 23.9 Å². The summed E-state index contributed by atoms with van der Waals surface area (Å²) in [5.74, 6) is 1.25. The van der Waals surface area contributed by atoms with E-state index in [4.69, 9.17) is 28.9 Å². The molecule has 2 aliphatic carbocycles. The number of likely N-dealkylation sites (tertiary alicyclic amines) is 2. The summed E-state index contributed by atoms with van der Waals surface area (Å²) in [6.45, 7) is 6.20. The number of alkyl carbamates (subject to hydrolysis) is 2. The summed E-state index contributed by atoms with van der Waals surface area (Å²) >= 11 is 1.73. The highest BCUT2D eigenvalue weighted by Gasteiger charge is 2.55. The minimum absolute atomic E-state index is 0. The Morgan fingerprint density at radius 2 is 1.39 bits per heavy atom. The Balaban J connectivity index is 0.00000191. The summed E-state index contributed by atoms with van der Waals surface area (Å²) in [7, 11) is 2.58. The van der Waals surface area contributed by atoms with Crippen LogP contribution < -0.4 is 15.4 Å². The van der Waals surface area contributed by atoms with Gasteiger partial charge in [-0.1, -0.05) is 19.9 Å². The number of amides is 4. The third-order valence-corrected chi connectivity index (χ3v) is 17.1. The zero-order chi connectivity index (χ0) is 49.6. The first kappa shape index (κ1) is 56.9. The fourth-order valence-corrected chi connectivity index (χ4v) is 13.0. The molecule has 12 rings (SSSR count). The highest BCUT2D eigenvalue weighted by atomic mass is 32.1. The zero-order valence-electron chi connectivity index (χ0n) is 42.7. The van der Waals surface area contributed by atoms with Gasteiger partial charge in [-0.05, 0) is 112 Å². The fourth-order valence-electron chi connectivity index (χ4n) is 11.8. The second-order valence-corrected chi connectivity index (χ2v) is 22.0. The number of thiophene rings is 1. The van der Waals surface area contributed by atoms with E-state index in [1.54, 1.807) is 28.6 Å². The molecule has 8 heterocycles. The Labute approximate surface area is 471 Å². The molecular weight excluding hydrogens is 1070 g/mol. The lowest BCUT2D eigenvalue weighted by Crippen LogP contribution is -2.61. The average Bonchev–Trinajstić information content (AvgIpc) is 4.08. The monoisotopic (exact) mass is 1140 g/mol. The predicted molar refractivity (Wildman–Crippen MR) is 306 cm³/mol. The smallest absolute Gasteiger partial charge is 0.407 e. The van der Waals surface area contributed by atoms with Crippen LogP contribution in [-0.2, 0) is 23.8 Å². The number of hydrogen-bond donors (Lipinski definition) is 4. The number of nitrogens with one attached hydrogen (secondary N) is 4. The third-order valence-electron chi connectivity index (χ3n) is 15.8. The maximum atomic E-state index is 17.0. The maximum absolute atomic E-state index is 17.0. The maximum Gasteiger partial charge on any atom is 0.407 e. The van der Waals surface area contributed by atoms with Gasteiger partial charge < -0.3 is 49.3 Å². The number of carbonyl (C=O) groups is 4. The Morgan fingerprint density at radius 1 is 0.776 bits per heavy atom.